The van der Waals surface area contributed by atoms with Gasteiger partial charge in [0.15, 0.2) is 17.5 Å². The van der Waals surface area contributed by atoms with Gasteiger partial charge < -0.3 is 14.2 Å². The largest absolute Gasteiger partial charge is 0.496 e. The minimum absolute atomic E-state index is 0.0890. The maximum Gasteiger partial charge on any atom is 0.432 e. The van der Waals surface area contributed by atoms with E-state index in [0.29, 0.717) is 23.6 Å². The highest BCUT2D eigenvalue weighted by Gasteiger charge is 2.42. The van der Waals surface area contributed by atoms with Crippen molar-refractivity contribution >= 4 is 0 Å². The molecule has 216 valence electrons. The van der Waals surface area contributed by atoms with E-state index in [9.17, 15) is 22.0 Å². The molecule has 0 radical (unpaired) electrons. The molecule has 0 spiro atoms. The smallest absolute Gasteiger partial charge is 0.432 e. The number of hydrogen-bond acceptors (Lipinski definition) is 3. The van der Waals surface area contributed by atoms with E-state index in [4.69, 9.17) is 14.2 Å². The molecule has 1 saturated carbocycles. The molecule has 0 heterocycles. The van der Waals surface area contributed by atoms with Gasteiger partial charge in [-0.25, -0.2) is 22.0 Å². The topological polar surface area (TPSA) is 27.7 Å². The molecule has 4 rings (SSSR count). The van der Waals surface area contributed by atoms with Crippen LogP contribution in [0.15, 0.2) is 36.4 Å². The molecule has 0 atom stereocenters. The first-order valence-electron chi connectivity index (χ1n) is 13.0. The fourth-order valence-corrected chi connectivity index (χ4v) is 5.43. The zero-order valence-corrected chi connectivity index (χ0v) is 22.2. The van der Waals surface area contributed by atoms with Crippen LogP contribution in [0.3, 0.4) is 0 Å². The molecule has 1 fully saturated rings. The maximum atomic E-state index is 15.2. The van der Waals surface area contributed by atoms with Crippen molar-refractivity contribution in [1.82, 2.24) is 0 Å². The van der Waals surface area contributed by atoms with Gasteiger partial charge in [0.05, 0.1) is 19.8 Å². The zero-order valence-electron chi connectivity index (χ0n) is 22.2. The van der Waals surface area contributed by atoms with E-state index < -0.39 is 46.5 Å². The van der Waals surface area contributed by atoms with E-state index in [1.165, 1.54) is 0 Å². The van der Waals surface area contributed by atoms with Crippen molar-refractivity contribution in [2.24, 2.45) is 5.92 Å². The van der Waals surface area contributed by atoms with Gasteiger partial charge in [0.25, 0.3) is 0 Å². The van der Waals surface area contributed by atoms with Gasteiger partial charge in [-0.1, -0.05) is 19.8 Å². The Bertz CT molecular complexity index is 1300. The van der Waals surface area contributed by atoms with E-state index in [1.807, 2.05) is 0 Å². The van der Waals surface area contributed by atoms with Crippen molar-refractivity contribution in [3.63, 3.8) is 0 Å². The molecule has 3 aromatic rings. The molecule has 0 aliphatic heterocycles. The summed E-state index contributed by atoms with van der Waals surface area (Å²) in [4.78, 5) is 0. The molecular weight excluding hydrogens is 541 g/mol. The lowest BCUT2D eigenvalue weighted by atomic mass is 9.77. The summed E-state index contributed by atoms with van der Waals surface area (Å²) in [6.07, 6.45) is 0.988. The Balaban J connectivity index is 1.64. The highest BCUT2D eigenvalue weighted by Crippen LogP contribution is 2.45. The molecule has 3 aromatic carbocycles. The number of halogens is 7. The summed E-state index contributed by atoms with van der Waals surface area (Å²) in [5, 5.41) is 0. The number of alkyl halides is 2. The van der Waals surface area contributed by atoms with E-state index in [0.717, 1.165) is 77.0 Å². The van der Waals surface area contributed by atoms with Crippen LogP contribution in [0.2, 0.25) is 0 Å². The minimum Gasteiger partial charge on any atom is -0.496 e. The van der Waals surface area contributed by atoms with Crippen molar-refractivity contribution < 1.29 is 44.9 Å². The molecule has 0 saturated heterocycles. The molecule has 0 aromatic heterocycles. The van der Waals surface area contributed by atoms with Gasteiger partial charge >= 0.3 is 6.11 Å². The molecule has 0 amide bonds. The third kappa shape index (κ3) is 6.00. The van der Waals surface area contributed by atoms with Gasteiger partial charge in [0, 0.05) is 12.1 Å². The van der Waals surface area contributed by atoms with Gasteiger partial charge in [0.1, 0.15) is 34.4 Å². The molecule has 0 bridgehead atoms. The van der Waals surface area contributed by atoms with Gasteiger partial charge in [0.2, 0.25) is 0 Å². The molecule has 40 heavy (non-hydrogen) atoms. The number of hydrogen-bond donors (Lipinski definition) is 0. The predicted octanol–water partition coefficient (Wildman–Crippen LogP) is 9.27. The Morgan fingerprint density at radius 1 is 0.750 bits per heavy atom. The third-order valence-electron chi connectivity index (χ3n) is 7.37. The van der Waals surface area contributed by atoms with E-state index >= 15 is 8.78 Å². The van der Waals surface area contributed by atoms with Crippen LogP contribution in [0, 0.1) is 35.0 Å². The summed E-state index contributed by atoms with van der Waals surface area (Å²) in [5.74, 6) is -8.19. The van der Waals surface area contributed by atoms with Crippen molar-refractivity contribution in [3.8, 4) is 28.4 Å². The zero-order chi connectivity index (χ0) is 29.2. The number of benzene rings is 3. The van der Waals surface area contributed by atoms with Gasteiger partial charge in [-0.15, -0.1) is 0 Å². The molecule has 0 N–H and O–H groups in total. The minimum atomic E-state index is -4.45. The van der Waals surface area contributed by atoms with Crippen LogP contribution in [0.5, 0.6) is 17.2 Å². The summed E-state index contributed by atoms with van der Waals surface area (Å²) < 4.78 is 117. The Labute approximate surface area is 227 Å². The first-order chi connectivity index (χ1) is 19.0. The highest BCUT2D eigenvalue weighted by atomic mass is 19.3. The molecule has 1 aliphatic carbocycles. The van der Waals surface area contributed by atoms with Crippen molar-refractivity contribution in [1.29, 1.82) is 0 Å². The molecular formula is C30H29F7O3. The summed E-state index contributed by atoms with van der Waals surface area (Å²) >= 11 is 0. The average Bonchev–Trinajstić information content (AvgIpc) is 2.90. The summed E-state index contributed by atoms with van der Waals surface area (Å²) in [6, 6.07) is 5.09. The van der Waals surface area contributed by atoms with Crippen molar-refractivity contribution in [2.45, 2.75) is 57.5 Å². The second kappa shape index (κ2) is 12.0. The first kappa shape index (κ1) is 29.6. The lowest BCUT2D eigenvalue weighted by molar-refractivity contribution is -0.189. The van der Waals surface area contributed by atoms with Gasteiger partial charge in [-0.05, 0) is 72.9 Å². The van der Waals surface area contributed by atoms with Crippen LogP contribution in [-0.2, 0) is 6.11 Å². The summed E-state index contributed by atoms with van der Waals surface area (Å²) in [7, 11) is 2.29. The van der Waals surface area contributed by atoms with Crippen molar-refractivity contribution in [3.05, 3.63) is 76.6 Å². The van der Waals surface area contributed by atoms with Crippen LogP contribution >= 0.6 is 0 Å². The van der Waals surface area contributed by atoms with E-state index in [-0.39, 0.29) is 28.5 Å². The fourth-order valence-electron chi connectivity index (χ4n) is 5.43. The standard InChI is InChI=1S/C30H29F7O3/c1-4-5-16-6-8-17(9-7-16)18-10-21(31)28(22(32)11-18)30(36,37)40-20-14-25(38-2)27(26(15-20)39-3)19-12-23(33)29(35)24(34)13-19/h10-17H,4-9H2,1-3H3. The monoisotopic (exact) mass is 570 g/mol. The normalized spacial score (nSPS) is 17.6. The number of rotatable bonds is 9. The lowest BCUT2D eigenvalue weighted by Gasteiger charge is -2.29. The SMILES string of the molecule is CCCC1CCC(c2cc(F)c(C(F)(F)Oc3cc(OC)c(-c4cc(F)c(F)c(F)c4)c(OC)c3)c(F)c2)CC1. The third-order valence-corrected chi connectivity index (χ3v) is 7.37. The van der Waals surface area contributed by atoms with E-state index in [1.54, 1.807) is 0 Å². The lowest BCUT2D eigenvalue weighted by Crippen LogP contribution is -2.26. The number of methoxy groups -OCH3 is 2. The van der Waals surface area contributed by atoms with Crippen LogP contribution in [0.1, 0.15) is 62.5 Å². The number of ether oxygens (including phenoxy) is 3. The molecule has 0 unspecified atom stereocenters. The van der Waals surface area contributed by atoms with Crippen LogP contribution < -0.4 is 14.2 Å². The van der Waals surface area contributed by atoms with E-state index in [2.05, 4.69) is 6.92 Å². The molecule has 3 nitrogen and oxygen atoms in total. The Morgan fingerprint density at radius 2 is 1.27 bits per heavy atom. The van der Waals surface area contributed by atoms with Crippen molar-refractivity contribution in [2.75, 3.05) is 14.2 Å². The Kier molecular flexibility index (Phi) is 8.85. The van der Waals surface area contributed by atoms with Crippen LogP contribution in [-0.4, -0.2) is 14.2 Å². The maximum absolute atomic E-state index is 15.2. The van der Waals surface area contributed by atoms with Crippen LogP contribution in [0.4, 0.5) is 30.7 Å². The van der Waals surface area contributed by atoms with Crippen LogP contribution in [0.25, 0.3) is 11.1 Å². The summed E-state index contributed by atoms with van der Waals surface area (Å²) in [5.41, 5.74) is -1.52. The second-order valence-electron chi connectivity index (χ2n) is 9.94. The second-order valence-corrected chi connectivity index (χ2v) is 9.94. The fraction of sp³-hybridized carbons (Fsp3) is 0.400. The first-order valence-corrected chi connectivity index (χ1v) is 13.0. The quantitative estimate of drug-likeness (QED) is 0.190. The summed E-state index contributed by atoms with van der Waals surface area (Å²) in [6.45, 7) is 2.10. The molecule has 1 aliphatic rings. The Hall–Kier alpha value is -3.43. The highest BCUT2D eigenvalue weighted by molar-refractivity contribution is 5.78. The predicted molar refractivity (Wildman–Crippen MR) is 135 cm³/mol. The van der Waals surface area contributed by atoms with Gasteiger partial charge in [-0.3, -0.25) is 0 Å². The molecule has 10 heteroatoms. The average molecular weight is 571 g/mol. The van der Waals surface area contributed by atoms with Gasteiger partial charge in [-0.2, -0.15) is 8.78 Å². The Morgan fingerprint density at radius 3 is 1.75 bits per heavy atom.